The Morgan fingerprint density at radius 1 is 0.931 bits per heavy atom. The molecule has 0 aromatic carbocycles. The molecule has 7 nitrogen and oxygen atoms in total. The predicted molar refractivity (Wildman–Crippen MR) is 114 cm³/mol. The van der Waals surface area contributed by atoms with Crippen LogP contribution in [-0.4, -0.2) is 53.5 Å². The summed E-state index contributed by atoms with van der Waals surface area (Å²) < 4.78 is 11.1. The smallest absolute Gasteiger partial charge is 0.128 e. The van der Waals surface area contributed by atoms with Crippen LogP contribution < -0.4 is 14.8 Å². The Labute approximate surface area is 174 Å². The molecule has 7 heteroatoms. The molecular formula is C22H34N4O3. The van der Waals surface area contributed by atoms with Crippen LogP contribution in [0.15, 0.2) is 12.4 Å². The molecule has 2 aromatic heterocycles. The number of pyridine rings is 2. The fourth-order valence-corrected chi connectivity index (χ4v) is 3.53. The van der Waals surface area contributed by atoms with Gasteiger partial charge in [-0.15, -0.1) is 0 Å². The van der Waals surface area contributed by atoms with Crippen LogP contribution in [0.4, 0.5) is 0 Å². The number of nitrogens with one attached hydrogen (secondary N) is 1. The lowest BCUT2D eigenvalue weighted by Gasteiger charge is -2.25. The maximum absolute atomic E-state index is 9.54. The molecule has 0 fully saturated rings. The minimum atomic E-state index is -0.546. The molecule has 2 N–H and O–H groups in total. The van der Waals surface area contributed by atoms with E-state index < -0.39 is 6.23 Å². The predicted octanol–water partition coefficient (Wildman–Crippen LogP) is 2.66. The van der Waals surface area contributed by atoms with E-state index in [9.17, 15) is 5.11 Å². The van der Waals surface area contributed by atoms with Gasteiger partial charge in [0.1, 0.15) is 17.7 Å². The van der Waals surface area contributed by atoms with Gasteiger partial charge in [0, 0.05) is 60.8 Å². The van der Waals surface area contributed by atoms with Crippen LogP contribution in [0.25, 0.3) is 0 Å². The van der Waals surface area contributed by atoms with E-state index in [0.29, 0.717) is 19.6 Å². The summed E-state index contributed by atoms with van der Waals surface area (Å²) in [6.45, 7) is 12.5. The number of aromatic nitrogens is 2. The third kappa shape index (κ3) is 5.88. The second-order valence-corrected chi connectivity index (χ2v) is 7.43. The highest BCUT2D eigenvalue weighted by molar-refractivity contribution is 5.42. The molecule has 0 saturated heterocycles. The summed E-state index contributed by atoms with van der Waals surface area (Å²) in [6, 6.07) is 0. The van der Waals surface area contributed by atoms with Crippen LogP contribution in [0.2, 0.25) is 0 Å². The van der Waals surface area contributed by atoms with Crippen molar-refractivity contribution in [1.82, 2.24) is 20.2 Å². The fraction of sp³-hybridized carbons (Fsp3) is 0.545. The van der Waals surface area contributed by atoms with Gasteiger partial charge in [-0.25, -0.2) is 0 Å². The van der Waals surface area contributed by atoms with Crippen LogP contribution in [0, 0.1) is 27.7 Å². The molecule has 160 valence electrons. The minimum Gasteiger partial charge on any atom is -0.496 e. The largest absolute Gasteiger partial charge is 0.496 e. The normalized spacial score (nSPS) is 12.3. The summed E-state index contributed by atoms with van der Waals surface area (Å²) in [5.74, 6) is 1.76. The molecule has 2 heterocycles. The van der Waals surface area contributed by atoms with Gasteiger partial charge in [-0.1, -0.05) is 0 Å². The standard InChI is InChI=1S/C22H34N4O3/c1-14-10-24-19(16(3)21(14)28-6)12-26(9-8-23-18(5)27)13-20-17(4)22(29-7)15(2)11-25-20/h10-11,18,23,27H,8-9,12-13H2,1-7H3. The molecule has 1 atom stereocenters. The molecule has 29 heavy (non-hydrogen) atoms. The average Bonchev–Trinajstić information content (AvgIpc) is 2.66. The SMILES string of the molecule is COc1c(C)cnc(CN(CCNC(C)O)Cc2ncc(C)c(OC)c2C)c1C. The second-order valence-electron chi connectivity index (χ2n) is 7.43. The first-order valence-electron chi connectivity index (χ1n) is 9.90. The van der Waals surface area contributed by atoms with Gasteiger partial charge in [0.05, 0.1) is 25.6 Å². The number of aryl methyl sites for hydroxylation is 2. The lowest BCUT2D eigenvalue weighted by molar-refractivity contribution is 0.146. The summed E-state index contributed by atoms with van der Waals surface area (Å²) >= 11 is 0. The van der Waals surface area contributed by atoms with Crippen molar-refractivity contribution in [2.45, 2.75) is 53.9 Å². The van der Waals surface area contributed by atoms with E-state index in [1.807, 2.05) is 40.1 Å². The monoisotopic (exact) mass is 402 g/mol. The Balaban J connectivity index is 2.29. The number of hydrogen-bond donors (Lipinski definition) is 2. The fourth-order valence-electron chi connectivity index (χ4n) is 3.53. The number of aliphatic hydroxyl groups is 1. The van der Waals surface area contributed by atoms with Crippen molar-refractivity contribution in [2.24, 2.45) is 0 Å². The molecule has 0 spiro atoms. The third-order valence-electron chi connectivity index (χ3n) is 5.11. The number of nitrogens with zero attached hydrogens (tertiary/aromatic N) is 3. The first kappa shape index (κ1) is 23.1. The zero-order valence-corrected chi connectivity index (χ0v) is 18.7. The molecule has 1 unspecified atom stereocenters. The van der Waals surface area contributed by atoms with Crippen LogP contribution >= 0.6 is 0 Å². The van der Waals surface area contributed by atoms with Gasteiger partial charge in [-0.05, 0) is 34.6 Å². The van der Waals surface area contributed by atoms with Crippen molar-refractivity contribution < 1.29 is 14.6 Å². The van der Waals surface area contributed by atoms with Crippen molar-refractivity contribution in [2.75, 3.05) is 27.3 Å². The molecule has 0 bridgehead atoms. The average molecular weight is 403 g/mol. The molecule has 2 rings (SSSR count). The lowest BCUT2D eigenvalue weighted by Crippen LogP contribution is -2.36. The van der Waals surface area contributed by atoms with Crippen LogP contribution in [0.3, 0.4) is 0 Å². The third-order valence-corrected chi connectivity index (χ3v) is 5.11. The van der Waals surface area contributed by atoms with Gasteiger partial charge in [-0.3, -0.25) is 20.2 Å². The quantitative estimate of drug-likeness (QED) is 0.592. The summed E-state index contributed by atoms with van der Waals surface area (Å²) in [5.41, 5.74) is 6.09. The van der Waals surface area contributed by atoms with Crippen molar-refractivity contribution in [3.8, 4) is 11.5 Å². The number of aliphatic hydroxyl groups excluding tert-OH is 1. The Morgan fingerprint density at radius 2 is 1.38 bits per heavy atom. The molecular weight excluding hydrogens is 368 g/mol. The van der Waals surface area contributed by atoms with E-state index in [1.54, 1.807) is 21.1 Å². The number of rotatable bonds is 10. The maximum Gasteiger partial charge on any atom is 0.128 e. The van der Waals surface area contributed by atoms with E-state index >= 15 is 0 Å². The number of methoxy groups -OCH3 is 2. The van der Waals surface area contributed by atoms with Crippen LogP contribution in [0.1, 0.15) is 40.6 Å². The molecule has 0 aliphatic heterocycles. The van der Waals surface area contributed by atoms with E-state index in [1.165, 1.54) is 0 Å². The topological polar surface area (TPSA) is 79.7 Å². The lowest BCUT2D eigenvalue weighted by atomic mass is 10.1. The van der Waals surface area contributed by atoms with Crippen LogP contribution in [0.5, 0.6) is 11.5 Å². The highest BCUT2D eigenvalue weighted by Crippen LogP contribution is 2.27. The molecule has 2 aromatic rings. The van der Waals surface area contributed by atoms with Gasteiger partial charge >= 0.3 is 0 Å². The molecule has 0 saturated carbocycles. The van der Waals surface area contributed by atoms with E-state index in [2.05, 4.69) is 20.2 Å². The summed E-state index contributed by atoms with van der Waals surface area (Å²) in [6.07, 6.45) is 3.16. The van der Waals surface area contributed by atoms with Crippen molar-refractivity contribution in [1.29, 1.82) is 0 Å². The second kappa shape index (κ2) is 10.5. The zero-order valence-electron chi connectivity index (χ0n) is 18.7. The molecule has 0 aliphatic rings. The highest BCUT2D eigenvalue weighted by Gasteiger charge is 2.17. The van der Waals surface area contributed by atoms with Gasteiger partial charge in [0.15, 0.2) is 0 Å². The van der Waals surface area contributed by atoms with Crippen molar-refractivity contribution >= 4 is 0 Å². The highest BCUT2D eigenvalue weighted by atomic mass is 16.5. The number of ether oxygens (including phenoxy) is 2. The van der Waals surface area contributed by atoms with E-state index in [4.69, 9.17) is 9.47 Å². The summed E-state index contributed by atoms with van der Waals surface area (Å²) in [5, 5.41) is 12.6. The summed E-state index contributed by atoms with van der Waals surface area (Å²) in [4.78, 5) is 11.6. The van der Waals surface area contributed by atoms with Crippen LogP contribution in [-0.2, 0) is 13.1 Å². The van der Waals surface area contributed by atoms with Gasteiger partial charge in [0.25, 0.3) is 0 Å². The summed E-state index contributed by atoms with van der Waals surface area (Å²) in [7, 11) is 3.38. The molecule has 0 amide bonds. The maximum atomic E-state index is 9.54. The molecule has 0 aliphatic carbocycles. The Bertz CT molecular complexity index is 763. The Morgan fingerprint density at radius 3 is 1.76 bits per heavy atom. The first-order chi connectivity index (χ1) is 13.8. The van der Waals surface area contributed by atoms with Crippen molar-refractivity contribution in [3.05, 3.63) is 46.0 Å². The van der Waals surface area contributed by atoms with E-state index in [-0.39, 0.29) is 0 Å². The minimum absolute atomic E-state index is 0.546. The van der Waals surface area contributed by atoms with Crippen molar-refractivity contribution in [3.63, 3.8) is 0 Å². The number of hydrogen-bond acceptors (Lipinski definition) is 7. The van der Waals surface area contributed by atoms with Gasteiger partial charge in [0.2, 0.25) is 0 Å². The van der Waals surface area contributed by atoms with E-state index in [0.717, 1.165) is 51.7 Å². The Hall–Kier alpha value is -2.22. The Kier molecular flexibility index (Phi) is 8.37. The van der Waals surface area contributed by atoms with Gasteiger partial charge in [-0.2, -0.15) is 0 Å². The zero-order chi connectivity index (χ0) is 21.6. The van der Waals surface area contributed by atoms with Gasteiger partial charge < -0.3 is 14.6 Å². The first-order valence-corrected chi connectivity index (χ1v) is 9.90. The molecule has 0 radical (unpaired) electrons.